The van der Waals surface area contributed by atoms with E-state index in [2.05, 4.69) is 5.32 Å². The van der Waals surface area contributed by atoms with Crippen LogP contribution >= 0.6 is 0 Å². The molecule has 1 fully saturated rings. The second-order valence-electron chi connectivity index (χ2n) is 6.16. The van der Waals surface area contributed by atoms with E-state index in [4.69, 9.17) is 4.74 Å². The lowest BCUT2D eigenvalue weighted by atomic mass is 10.1. The molecule has 1 unspecified atom stereocenters. The monoisotopic (exact) mass is 312 g/mol. The first-order valence-electron chi connectivity index (χ1n) is 7.16. The largest absolute Gasteiger partial charge is 0.370 e. The van der Waals surface area contributed by atoms with Crippen LogP contribution < -0.4 is 5.32 Å². The van der Waals surface area contributed by atoms with Gasteiger partial charge in [0.25, 0.3) is 0 Å². The normalized spacial score (nSPS) is 23.1. The molecule has 1 aromatic carbocycles. The number of nitrogens with one attached hydrogen (secondary N) is 1. The summed E-state index contributed by atoms with van der Waals surface area (Å²) in [5, 5.41) is 3.05. The predicted molar refractivity (Wildman–Crippen MR) is 82.6 cm³/mol. The lowest BCUT2D eigenvalue weighted by molar-refractivity contribution is -0.109. The van der Waals surface area contributed by atoms with Crippen LogP contribution in [0.4, 0.5) is 0 Å². The van der Waals surface area contributed by atoms with E-state index in [1.807, 2.05) is 40.0 Å². The molecule has 0 aliphatic carbocycles. The van der Waals surface area contributed by atoms with Crippen LogP contribution in [0.3, 0.4) is 0 Å². The van der Waals surface area contributed by atoms with Crippen molar-refractivity contribution < 1.29 is 13.2 Å². The van der Waals surface area contributed by atoms with Gasteiger partial charge in [-0.3, -0.25) is 0 Å². The van der Waals surface area contributed by atoms with Crippen molar-refractivity contribution in [3.8, 4) is 0 Å². The highest BCUT2D eigenvalue weighted by Crippen LogP contribution is 2.26. The number of benzene rings is 1. The van der Waals surface area contributed by atoms with E-state index in [-0.39, 0.29) is 6.10 Å². The lowest BCUT2D eigenvalue weighted by Gasteiger charge is -2.40. The average Bonchev–Trinajstić information content (AvgIpc) is 2.37. The van der Waals surface area contributed by atoms with Gasteiger partial charge >= 0.3 is 0 Å². The summed E-state index contributed by atoms with van der Waals surface area (Å²) in [5.74, 6) is 0. The van der Waals surface area contributed by atoms with Crippen LogP contribution in [0.5, 0.6) is 0 Å². The van der Waals surface area contributed by atoms with Crippen molar-refractivity contribution in [2.45, 2.75) is 43.9 Å². The van der Waals surface area contributed by atoms with Crippen LogP contribution in [0.1, 0.15) is 26.3 Å². The fraction of sp³-hybridized carbons (Fsp3) is 0.600. The second-order valence-corrected chi connectivity index (χ2v) is 8.10. The minimum absolute atomic E-state index is 0.105. The maximum atomic E-state index is 12.7. The number of hydrogen-bond donors (Lipinski definition) is 1. The minimum Gasteiger partial charge on any atom is -0.370 e. The molecule has 21 heavy (non-hydrogen) atoms. The molecule has 1 aliphatic heterocycles. The number of hydrogen-bond acceptors (Lipinski definition) is 4. The van der Waals surface area contributed by atoms with Crippen molar-refractivity contribution in [1.29, 1.82) is 0 Å². The summed E-state index contributed by atoms with van der Waals surface area (Å²) in [5.41, 5.74) is 0.601. The van der Waals surface area contributed by atoms with Gasteiger partial charge in [-0.05, 0) is 45.5 Å². The molecular formula is C15H24N2O3S. The Bertz CT molecular complexity index is 581. The Morgan fingerprint density at radius 3 is 2.48 bits per heavy atom. The Morgan fingerprint density at radius 1 is 1.33 bits per heavy atom. The Morgan fingerprint density at radius 2 is 1.95 bits per heavy atom. The van der Waals surface area contributed by atoms with E-state index in [0.717, 1.165) is 12.1 Å². The first-order valence-corrected chi connectivity index (χ1v) is 8.60. The summed E-state index contributed by atoms with van der Waals surface area (Å²) in [6, 6.07) is 7.04. The average molecular weight is 312 g/mol. The Labute approximate surface area is 127 Å². The minimum atomic E-state index is -3.46. The first-order chi connectivity index (χ1) is 9.74. The maximum Gasteiger partial charge on any atom is 0.243 e. The summed E-state index contributed by atoms with van der Waals surface area (Å²) >= 11 is 0. The van der Waals surface area contributed by atoms with E-state index in [1.165, 1.54) is 4.31 Å². The van der Waals surface area contributed by atoms with Crippen LogP contribution in [-0.4, -0.2) is 44.6 Å². The molecule has 0 spiro atoms. The van der Waals surface area contributed by atoms with Gasteiger partial charge in [-0.2, -0.15) is 4.31 Å². The van der Waals surface area contributed by atoms with Crippen LogP contribution in [0, 0.1) is 0 Å². The smallest absolute Gasteiger partial charge is 0.243 e. The molecule has 1 saturated heterocycles. The lowest BCUT2D eigenvalue weighted by Crippen LogP contribution is -2.53. The van der Waals surface area contributed by atoms with E-state index in [1.54, 1.807) is 12.1 Å². The highest BCUT2D eigenvalue weighted by atomic mass is 32.2. The molecule has 5 nitrogen and oxygen atoms in total. The van der Waals surface area contributed by atoms with Gasteiger partial charge in [0.15, 0.2) is 0 Å². The molecule has 0 aromatic heterocycles. The van der Waals surface area contributed by atoms with Gasteiger partial charge in [-0.25, -0.2) is 8.42 Å². The number of sulfonamides is 1. The molecule has 0 bridgehead atoms. The van der Waals surface area contributed by atoms with Crippen molar-refractivity contribution >= 4 is 10.0 Å². The Kier molecular flexibility index (Phi) is 4.72. The van der Waals surface area contributed by atoms with E-state index >= 15 is 0 Å². The highest BCUT2D eigenvalue weighted by Gasteiger charge is 2.37. The van der Waals surface area contributed by atoms with Gasteiger partial charge in [0.05, 0.1) is 16.6 Å². The summed E-state index contributed by atoms with van der Waals surface area (Å²) < 4.78 is 32.8. The third-order valence-electron chi connectivity index (χ3n) is 3.48. The highest BCUT2D eigenvalue weighted by molar-refractivity contribution is 7.89. The van der Waals surface area contributed by atoms with Crippen molar-refractivity contribution in [3.05, 3.63) is 29.8 Å². The van der Waals surface area contributed by atoms with Crippen molar-refractivity contribution in [2.75, 3.05) is 20.1 Å². The number of rotatable bonds is 4. The standard InChI is InChI=1S/C15H24N2O3S/c1-12-10-17(11-15(2,3)20-12)21(18,19)14-7-5-13(6-8-14)9-16-4/h5-8,12,16H,9-11H2,1-4H3. The second kappa shape index (κ2) is 6.04. The molecule has 1 heterocycles. The fourth-order valence-electron chi connectivity index (χ4n) is 2.71. The van der Waals surface area contributed by atoms with E-state index in [9.17, 15) is 8.42 Å². The molecule has 1 N–H and O–H groups in total. The van der Waals surface area contributed by atoms with Crippen molar-refractivity contribution in [3.63, 3.8) is 0 Å². The van der Waals surface area contributed by atoms with Gasteiger partial charge in [-0.1, -0.05) is 12.1 Å². The van der Waals surface area contributed by atoms with E-state index in [0.29, 0.717) is 18.0 Å². The van der Waals surface area contributed by atoms with Crippen LogP contribution in [0.25, 0.3) is 0 Å². The SMILES string of the molecule is CNCc1ccc(S(=O)(=O)N2CC(C)OC(C)(C)C2)cc1. The van der Waals surface area contributed by atoms with Crippen LogP contribution in [0.2, 0.25) is 0 Å². The molecule has 1 aromatic rings. The predicted octanol–water partition coefficient (Wildman–Crippen LogP) is 1.59. The maximum absolute atomic E-state index is 12.7. The molecule has 0 amide bonds. The van der Waals surface area contributed by atoms with Gasteiger partial charge in [0, 0.05) is 19.6 Å². The first kappa shape index (κ1) is 16.4. The Balaban J connectivity index is 2.24. The number of nitrogens with zero attached hydrogens (tertiary/aromatic N) is 1. The molecular weight excluding hydrogens is 288 g/mol. The topological polar surface area (TPSA) is 58.6 Å². The van der Waals surface area contributed by atoms with Crippen LogP contribution in [0.15, 0.2) is 29.2 Å². The molecule has 6 heteroatoms. The zero-order valence-corrected chi connectivity index (χ0v) is 13.9. The third-order valence-corrected chi connectivity index (χ3v) is 5.31. The van der Waals surface area contributed by atoms with Crippen LogP contribution in [-0.2, 0) is 21.3 Å². The number of morpholine rings is 1. The summed E-state index contributed by atoms with van der Waals surface area (Å²) in [6.45, 7) is 7.23. The fourth-order valence-corrected chi connectivity index (χ4v) is 4.38. The quantitative estimate of drug-likeness (QED) is 0.917. The molecule has 1 aliphatic rings. The van der Waals surface area contributed by atoms with Gasteiger partial charge in [-0.15, -0.1) is 0 Å². The zero-order valence-electron chi connectivity index (χ0n) is 13.1. The molecule has 1 atom stereocenters. The summed E-state index contributed by atoms with van der Waals surface area (Å²) in [7, 11) is -1.60. The van der Waals surface area contributed by atoms with Crippen molar-refractivity contribution in [2.24, 2.45) is 0 Å². The zero-order chi connectivity index (χ0) is 15.7. The Hall–Kier alpha value is -0.950. The van der Waals surface area contributed by atoms with Gasteiger partial charge in [0.2, 0.25) is 10.0 Å². The molecule has 2 rings (SSSR count). The van der Waals surface area contributed by atoms with Gasteiger partial charge in [0.1, 0.15) is 0 Å². The molecule has 0 saturated carbocycles. The van der Waals surface area contributed by atoms with Crippen molar-refractivity contribution in [1.82, 2.24) is 9.62 Å². The molecule has 118 valence electrons. The number of ether oxygens (including phenoxy) is 1. The van der Waals surface area contributed by atoms with Gasteiger partial charge < -0.3 is 10.1 Å². The molecule has 0 radical (unpaired) electrons. The van der Waals surface area contributed by atoms with E-state index < -0.39 is 15.6 Å². The summed E-state index contributed by atoms with van der Waals surface area (Å²) in [6.07, 6.45) is -0.105. The third kappa shape index (κ3) is 3.83. The summed E-state index contributed by atoms with van der Waals surface area (Å²) in [4.78, 5) is 0.340.